The van der Waals surface area contributed by atoms with Crippen LogP contribution in [0.15, 0.2) is 159 Å². The summed E-state index contributed by atoms with van der Waals surface area (Å²) in [4.78, 5) is 17.9. The van der Waals surface area contributed by atoms with Crippen LogP contribution < -0.4 is 23.8 Å². The first-order valence-corrected chi connectivity index (χ1v) is 22.9. The van der Waals surface area contributed by atoms with Crippen LogP contribution in [0.25, 0.3) is 82.7 Å². The summed E-state index contributed by atoms with van der Waals surface area (Å²) < 4.78 is 24.7. The van der Waals surface area contributed by atoms with Gasteiger partial charge in [0.2, 0.25) is 0 Å². The fourth-order valence-corrected chi connectivity index (χ4v) is 10.2. The molecule has 0 radical (unpaired) electrons. The van der Waals surface area contributed by atoms with Gasteiger partial charge in [0.15, 0.2) is 5.52 Å². The molecule has 9 heterocycles. The second-order valence-electron chi connectivity index (χ2n) is 17.6. The molecule has 12 aromatic rings. The molecule has 72 heavy (non-hydrogen) atoms. The van der Waals surface area contributed by atoms with Gasteiger partial charge in [-0.2, -0.15) is 34.7 Å². The molecule has 0 atom stereocenters. The Balaban J connectivity index is 0.00000265. The third kappa shape index (κ3) is 7.00. The summed E-state index contributed by atoms with van der Waals surface area (Å²) in [5.74, 6) is 3.67. The first kappa shape index (κ1) is 45.3. The van der Waals surface area contributed by atoms with Crippen LogP contribution in [-0.2, 0) is 56.2 Å². The van der Waals surface area contributed by atoms with Crippen LogP contribution in [0.2, 0.25) is 0 Å². The number of fused-ring (bicyclic) bond motifs is 11. The van der Waals surface area contributed by atoms with Crippen molar-refractivity contribution in [3.63, 3.8) is 0 Å². The van der Waals surface area contributed by atoms with E-state index in [1.54, 1.807) is 0 Å². The van der Waals surface area contributed by atoms with E-state index in [2.05, 4.69) is 128 Å². The average molecular weight is 1300 g/mol. The summed E-state index contributed by atoms with van der Waals surface area (Å²) in [7, 11) is 8.15. The molecule has 0 saturated heterocycles. The van der Waals surface area contributed by atoms with Gasteiger partial charge in [0.05, 0.1) is 18.3 Å². The maximum atomic E-state index is 7.00. The minimum atomic E-state index is 0. The van der Waals surface area contributed by atoms with Crippen molar-refractivity contribution in [2.45, 2.75) is 0 Å². The summed E-state index contributed by atoms with van der Waals surface area (Å²) in [6.07, 6.45) is 13.7. The van der Waals surface area contributed by atoms with Gasteiger partial charge in [-0.1, -0.05) is 86.9 Å². The molecule has 0 bridgehead atoms. The first-order chi connectivity index (χ1) is 34.3. The topological polar surface area (TPSA) is 81.0 Å². The Labute approximate surface area is 442 Å². The molecule has 0 N–H and O–H groups in total. The molecule has 5 aromatic carbocycles. The molecular weight excluding hydrogens is 1260 g/mol. The van der Waals surface area contributed by atoms with Gasteiger partial charge in [0.1, 0.15) is 17.8 Å². The van der Waals surface area contributed by atoms with Crippen molar-refractivity contribution in [2.75, 3.05) is 23.9 Å². The molecule has 2 aliphatic heterocycles. The van der Waals surface area contributed by atoms with E-state index in [-0.39, 0.29) is 42.1 Å². The number of anilines is 2. The predicted octanol–water partition coefficient (Wildman–Crippen LogP) is 10.9. The Morgan fingerprint density at radius 2 is 1.06 bits per heavy atom. The van der Waals surface area contributed by atoms with Crippen molar-refractivity contribution in [2.24, 2.45) is 14.1 Å². The summed E-state index contributed by atoms with van der Waals surface area (Å²) in [6, 6.07) is 53.6. The summed E-state index contributed by atoms with van der Waals surface area (Å²) in [6.45, 7) is 4.03. The van der Waals surface area contributed by atoms with Crippen LogP contribution in [0.1, 0.15) is 0 Å². The molecule has 0 aliphatic carbocycles. The Hall–Kier alpha value is -7.85. The number of pyridine rings is 3. The second-order valence-corrected chi connectivity index (χ2v) is 17.6. The van der Waals surface area contributed by atoms with Gasteiger partial charge in [0, 0.05) is 101 Å². The molecular formula is C57H40N11O2Pt2-5. The van der Waals surface area contributed by atoms with E-state index in [0.717, 1.165) is 94.1 Å². The summed E-state index contributed by atoms with van der Waals surface area (Å²) >= 11 is 0. The van der Waals surface area contributed by atoms with Crippen molar-refractivity contribution in [1.29, 1.82) is 0 Å². The van der Waals surface area contributed by atoms with E-state index >= 15 is 0 Å². The summed E-state index contributed by atoms with van der Waals surface area (Å²) in [5.41, 5.74) is 9.16. The van der Waals surface area contributed by atoms with E-state index in [9.17, 15) is 0 Å². The standard InChI is InChI=1S/C57H40N11O2.2Pt/c1-60-25-27-64(35-60)37-29-49-54(41-13-5-7-15-45(41)62(49)3)50(30-37)69-39-19-21-43-47(32-39)67(52-17-9-11-23-58-52)57-44-22-20-40(33-48(44)68(56(43)57)53-18-10-12-24-59-53)70-51-31-38(65-28-26-61(2)36-65)34-66-55(51)42-14-6-8-16-46(42)63(66)4;;/h5-29,34-36H,1-4H3;;/q-5;;. The summed E-state index contributed by atoms with van der Waals surface area (Å²) in [5, 5.41) is 4.94. The minimum absolute atomic E-state index is 0. The zero-order chi connectivity index (χ0) is 46.8. The number of aryl methyl sites for hydroxylation is 2. The SMILES string of the molecule is CN1C=CN(c2[c-]c(Oc3[c-]c4c(cc3)c3c(c5ccc(Oc6[c-]c(N7C=CN(C)[CH-]7)c[n+]7c6c6ccccc6n7C)[c-]c5n3-c3ccccn3)n4-c3ccccn3)c3c4ccccc4n(C)c3c2)[CH-]1.[Pt].[Pt]. The molecule has 14 rings (SSSR count). The Morgan fingerprint density at radius 1 is 0.514 bits per heavy atom. The van der Waals surface area contributed by atoms with Crippen molar-refractivity contribution in [3.05, 3.63) is 196 Å². The smallest absolute Gasteiger partial charge is 0.179 e. The Kier molecular flexibility index (Phi) is 11.0. The van der Waals surface area contributed by atoms with Crippen molar-refractivity contribution >= 4 is 82.4 Å². The number of benzene rings is 5. The fraction of sp³-hybridized carbons (Fsp3) is 0.0702. The van der Waals surface area contributed by atoms with E-state index in [1.807, 2.05) is 139 Å². The van der Waals surface area contributed by atoms with Crippen LogP contribution in [0.5, 0.6) is 23.0 Å². The van der Waals surface area contributed by atoms with Crippen LogP contribution >= 0.6 is 0 Å². The fourth-order valence-electron chi connectivity index (χ4n) is 10.2. The number of ether oxygens (including phenoxy) is 2. The number of hydrogen-bond donors (Lipinski definition) is 0. The minimum Gasteiger partial charge on any atom is -0.510 e. The Bertz CT molecular complexity index is 3910. The monoisotopic (exact) mass is 1300 g/mol. The third-order valence-corrected chi connectivity index (χ3v) is 13.4. The largest absolute Gasteiger partial charge is 0.510 e. The van der Waals surface area contributed by atoms with Crippen molar-refractivity contribution in [3.8, 4) is 34.6 Å². The van der Waals surface area contributed by atoms with Gasteiger partial charge < -0.3 is 42.8 Å². The first-order valence-electron chi connectivity index (χ1n) is 22.9. The van der Waals surface area contributed by atoms with Gasteiger partial charge in [-0.15, -0.1) is 42.5 Å². The van der Waals surface area contributed by atoms with Gasteiger partial charge in [-0.05, 0) is 86.4 Å². The molecule has 13 nitrogen and oxygen atoms in total. The quantitative estimate of drug-likeness (QED) is 0.110. The zero-order valence-corrected chi connectivity index (χ0v) is 43.6. The number of rotatable bonds is 8. The Morgan fingerprint density at radius 3 is 1.64 bits per heavy atom. The van der Waals surface area contributed by atoms with Gasteiger partial charge in [0.25, 0.3) is 0 Å². The molecule has 0 unspecified atom stereocenters. The predicted molar refractivity (Wildman–Crippen MR) is 273 cm³/mol. The molecule has 0 amide bonds. The molecule has 7 aromatic heterocycles. The molecule has 0 spiro atoms. The number of aromatic nitrogens is 7. The van der Waals surface area contributed by atoms with Crippen molar-refractivity contribution in [1.82, 2.24) is 38.2 Å². The van der Waals surface area contributed by atoms with E-state index < -0.39 is 0 Å². The number of para-hydroxylation sites is 2. The van der Waals surface area contributed by atoms with Crippen LogP contribution in [0.3, 0.4) is 0 Å². The van der Waals surface area contributed by atoms with E-state index in [0.29, 0.717) is 23.0 Å². The van der Waals surface area contributed by atoms with Crippen LogP contribution in [-0.4, -0.2) is 52.2 Å². The maximum Gasteiger partial charge on any atom is 0.179 e. The number of hydrogen-bond acceptors (Lipinski definition) is 8. The van der Waals surface area contributed by atoms with E-state index in [4.69, 9.17) is 19.4 Å². The number of nitrogens with zero attached hydrogens (tertiary/aromatic N) is 11. The normalized spacial score (nSPS) is 13.6. The van der Waals surface area contributed by atoms with Gasteiger partial charge >= 0.3 is 0 Å². The van der Waals surface area contributed by atoms with Crippen molar-refractivity contribution < 1.29 is 56.1 Å². The van der Waals surface area contributed by atoms with Crippen LogP contribution in [0, 0.1) is 37.6 Å². The molecule has 0 saturated carbocycles. The molecule has 15 heteroatoms. The average Bonchev–Trinajstić information content (AvgIpc) is 4.25. The third-order valence-electron chi connectivity index (χ3n) is 13.4. The van der Waals surface area contributed by atoms with Gasteiger partial charge in [-0.3, -0.25) is 0 Å². The molecule has 2 aliphatic rings. The van der Waals surface area contributed by atoms with Crippen LogP contribution in [0.4, 0.5) is 11.4 Å². The molecule has 0 fully saturated rings. The van der Waals surface area contributed by atoms with Gasteiger partial charge in [-0.25, -0.2) is 9.97 Å². The molecule has 360 valence electrons. The second kappa shape index (κ2) is 17.5. The van der Waals surface area contributed by atoms with E-state index in [1.165, 1.54) is 0 Å². The zero-order valence-electron chi connectivity index (χ0n) is 39.0. The maximum absolute atomic E-state index is 7.00.